The van der Waals surface area contributed by atoms with E-state index in [4.69, 9.17) is 14.9 Å². The van der Waals surface area contributed by atoms with Crippen molar-refractivity contribution < 1.29 is 24.1 Å². The number of benzene rings is 2. The second-order valence-corrected chi connectivity index (χ2v) is 3.55. The maximum Gasteiger partial charge on any atom is 0.335 e. The summed E-state index contributed by atoms with van der Waals surface area (Å²) in [5.74, 6) is -1.64. The van der Waals surface area contributed by atoms with E-state index in [-0.39, 0.29) is 17.1 Å². The Kier molecular flexibility index (Phi) is 3.14. The van der Waals surface area contributed by atoms with Crippen molar-refractivity contribution in [1.29, 1.82) is 0 Å². The first-order chi connectivity index (χ1) is 8.56. The maximum absolute atomic E-state index is 13.4. The number of hydrogen-bond acceptors (Lipinski definition) is 3. The van der Waals surface area contributed by atoms with Crippen LogP contribution in [0, 0.1) is 5.82 Å². The maximum atomic E-state index is 13.4. The van der Waals surface area contributed by atoms with E-state index in [1.807, 2.05) is 0 Å². The summed E-state index contributed by atoms with van der Waals surface area (Å²) in [5.41, 5.74) is -0.0646. The first-order valence-electron chi connectivity index (χ1n) is 5.06. The van der Waals surface area contributed by atoms with E-state index < -0.39 is 11.8 Å². The lowest BCUT2D eigenvalue weighted by atomic mass is 10.2. The van der Waals surface area contributed by atoms with Gasteiger partial charge < -0.3 is 14.9 Å². The van der Waals surface area contributed by atoms with Crippen LogP contribution in [0.4, 0.5) is 4.39 Å². The minimum absolute atomic E-state index is 0.0575. The Bertz CT molecular complexity index is 578. The van der Waals surface area contributed by atoms with Gasteiger partial charge in [0.2, 0.25) is 0 Å². The smallest absolute Gasteiger partial charge is 0.335 e. The van der Waals surface area contributed by atoms with Gasteiger partial charge in [0, 0.05) is 0 Å². The highest BCUT2D eigenvalue weighted by Crippen LogP contribution is 2.26. The number of phenols is 1. The normalized spacial score (nSPS) is 10.1. The summed E-state index contributed by atoms with van der Waals surface area (Å²) < 4.78 is 18.6. The van der Waals surface area contributed by atoms with Gasteiger partial charge >= 0.3 is 5.97 Å². The number of aromatic carboxylic acids is 1. The molecule has 2 aromatic carbocycles. The molecule has 18 heavy (non-hydrogen) atoms. The number of carboxylic acid groups (broad SMARTS) is 1. The highest BCUT2D eigenvalue weighted by atomic mass is 19.1. The Labute approximate surface area is 102 Å². The standard InChI is InChI=1S/C13H9FO4/c14-11-6-1-8(13(16)17)7-12(11)18-10-4-2-9(15)3-5-10/h1-7,15H,(H,16,17). The molecule has 0 aromatic heterocycles. The fourth-order valence-electron chi connectivity index (χ4n) is 1.36. The first-order valence-corrected chi connectivity index (χ1v) is 5.06. The molecule has 0 heterocycles. The van der Waals surface area contributed by atoms with E-state index in [9.17, 15) is 9.18 Å². The van der Waals surface area contributed by atoms with Gasteiger partial charge in [-0.3, -0.25) is 0 Å². The van der Waals surface area contributed by atoms with Gasteiger partial charge in [0.25, 0.3) is 0 Å². The molecule has 0 aliphatic rings. The molecule has 0 saturated heterocycles. The predicted octanol–water partition coefficient (Wildman–Crippen LogP) is 3.02. The first kappa shape index (κ1) is 11.9. The summed E-state index contributed by atoms with van der Waals surface area (Å²) in [6.45, 7) is 0. The molecule has 0 aliphatic carbocycles. The van der Waals surface area contributed by atoms with E-state index in [0.29, 0.717) is 5.75 Å². The van der Waals surface area contributed by atoms with Gasteiger partial charge in [0.1, 0.15) is 11.5 Å². The predicted molar refractivity (Wildman–Crippen MR) is 61.5 cm³/mol. The molecule has 92 valence electrons. The number of hydrogen-bond donors (Lipinski definition) is 2. The van der Waals surface area contributed by atoms with E-state index in [0.717, 1.165) is 18.2 Å². The molecule has 2 N–H and O–H groups in total. The largest absolute Gasteiger partial charge is 0.508 e. The van der Waals surface area contributed by atoms with Crippen molar-refractivity contribution in [2.24, 2.45) is 0 Å². The SMILES string of the molecule is O=C(O)c1ccc(F)c(Oc2ccc(O)cc2)c1. The van der Waals surface area contributed by atoms with Crippen LogP contribution in [-0.4, -0.2) is 16.2 Å². The molecular formula is C13H9FO4. The highest BCUT2D eigenvalue weighted by molar-refractivity contribution is 5.88. The molecule has 0 fully saturated rings. The van der Waals surface area contributed by atoms with E-state index in [1.165, 1.54) is 24.3 Å². The summed E-state index contributed by atoms with van der Waals surface area (Å²) in [5, 5.41) is 17.9. The van der Waals surface area contributed by atoms with Crippen LogP contribution in [0.2, 0.25) is 0 Å². The Morgan fingerprint density at radius 3 is 2.39 bits per heavy atom. The van der Waals surface area contributed by atoms with Gasteiger partial charge in [-0.2, -0.15) is 0 Å². The van der Waals surface area contributed by atoms with Crippen LogP contribution in [0.3, 0.4) is 0 Å². The summed E-state index contributed by atoms with van der Waals surface area (Å²) in [6.07, 6.45) is 0. The minimum Gasteiger partial charge on any atom is -0.508 e. The molecule has 0 radical (unpaired) electrons. The molecular weight excluding hydrogens is 239 g/mol. The number of phenolic OH excluding ortho intramolecular Hbond substituents is 1. The lowest BCUT2D eigenvalue weighted by molar-refractivity contribution is 0.0696. The fourth-order valence-corrected chi connectivity index (χ4v) is 1.36. The monoisotopic (exact) mass is 248 g/mol. The lowest BCUT2D eigenvalue weighted by Gasteiger charge is -2.07. The van der Waals surface area contributed by atoms with Crippen LogP contribution in [0.5, 0.6) is 17.2 Å². The van der Waals surface area contributed by atoms with Gasteiger partial charge in [-0.15, -0.1) is 0 Å². The van der Waals surface area contributed by atoms with Gasteiger partial charge in [-0.25, -0.2) is 9.18 Å². The van der Waals surface area contributed by atoms with Gasteiger partial charge in [-0.05, 0) is 42.5 Å². The molecule has 0 atom stereocenters. The van der Waals surface area contributed by atoms with Crippen LogP contribution in [0.25, 0.3) is 0 Å². The molecule has 2 aromatic rings. The third kappa shape index (κ3) is 2.57. The van der Waals surface area contributed by atoms with Gasteiger partial charge in [0.15, 0.2) is 11.6 Å². The third-order valence-electron chi connectivity index (χ3n) is 2.24. The molecule has 0 saturated carbocycles. The molecule has 0 spiro atoms. The molecule has 5 heteroatoms. The van der Waals surface area contributed by atoms with Gasteiger partial charge in [0.05, 0.1) is 5.56 Å². The van der Waals surface area contributed by atoms with Crippen LogP contribution >= 0.6 is 0 Å². The Morgan fingerprint density at radius 2 is 1.78 bits per heavy atom. The second-order valence-electron chi connectivity index (χ2n) is 3.55. The van der Waals surface area contributed by atoms with Crippen molar-refractivity contribution in [3.8, 4) is 17.2 Å². The zero-order chi connectivity index (χ0) is 13.1. The molecule has 2 rings (SSSR count). The quantitative estimate of drug-likeness (QED) is 0.876. The van der Waals surface area contributed by atoms with E-state index >= 15 is 0 Å². The average Bonchev–Trinajstić information content (AvgIpc) is 2.34. The summed E-state index contributed by atoms with van der Waals surface area (Å²) >= 11 is 0. The Morgan fingerprint density at radius 1 is 1.11 bits per heavy atom. The van der Waals surface area contributed by atoms with Crippen molar-refractivity contribution in [2.45, 2.75) is 0 Å². The number of aromatic hydroxyl groups is 1. The average molecular weight is 248 g/mol. The zero-order valence-electron chi connectivity index (χ0n) is 9.13. The highest BCUT2D eigenvalue weighted by Gasteiger charge is 2.10. The topological polar surface area (TPSA) is 66.8 Å². The number of halogens is 1. The summed E-state index contributed by atoms with van der Waals surface area (Å²) in [4.78, 5) is 10.8. The van der Waals surface area contributed by atoms with Crippen LogP contribution in [0.15, 0.2) is 42.5 Å². The summed E-state index contributed by atoms with van der Waals surface area (Å²) in [7, 11) is 0. The zero-order valence-corrected chi connectivity index (χ0v) is 9.13. The van der Waals surface area contributed by atoms with Crippen LogP contribution in [0.1, 0.15) is 10.4 Å². The van der Waals surface area contributed by atoms with E-state index in [1.54, 1.807) is 0 Å². The summed E-state index contributed by atoms with van der Waals surface area (Å²) in [6, 6.07) is 8.94. The molecule has 0 aliphatic heterocycles. The molecule has 0 bridgehead atoms. The third-order valence-corrected chi connectivity index (χ3v) is 2.24. The lowest BCUT2D eigenvalue weighted by Crippen LogP contribution is -1.98. The van der Waals surface area contributed by atoms with Crippen molar-refractivity contribution in [1.82, 2.24) is 0 Å². The number of carboxylic acids is 1. The van der Waals surface area contributed by atoms with Crippen molar-refractivity contribution in [3.05, 3.63) is 53.8 Å². The van der Waals surface area contributed by atoms with Crippen LogP contribution < -0.4 is 4.74 Å². The molecule has 0 amide bonds. The second kappa shape index (κ2) is 4.75. The molecule has 4 nitrogen and oxygen atoms in total. The fraction of sp³-hybridized carbons (Fsp3) is 0. The van der Waals surface area contributed by atoms with E-state index in [2.05, 4.69) is 0 Å². The number of carbonyl (C=O) groups is 1. The number of rotatable bonds is 3. The number of ether oxygens (including phenoxy) is 1. The van der Waals surface area contributed by atoms with Crippen LogP contribution in [-0.2, 0) is 0 Å². The molecule has 0 unspecified atom stereocenters. The Balaban J connectivity index is 2.30. The van der Waals surface area contributed by atoms with Gasteiger partial charge in [-0.1, -0.05) is 0 Å². The van der Waals surface area contributed by atoms with Crippen molar-refractivity contribution in [3.63, 3.8) is 0 Å². The van der Waals surface area contributed by atoms with Crippen molar-refractivity contribution >= 4 is 5.97 Å². The minimum atomic E-state index is -1.16. The van der Waals surface area contributed by atoms with Crippen molar-refractivity contribution in [2.75, 3.05) is 0 Å². The Hall–Kier alpha value is -2.56.